The molecule has 3 aromatic rings. The Morgan fingerprint density at radius 1 is 0.900 bits per heavy atom. The quantitative estimate of drug-likeness (QED) is 0.312. The van der Waals surface area contributed by atoms with Gasteiger partial charge in [0.1, 0.15) is 12.6 Å². The van der Waals surface area contributed by atoms with Crippen molar-refractivity contribution in [1.29, 1.82) is 0 Å². The van der Waals surface area contributed by atoms with E-state index in [4.69, 9.17) is 23.2 Å². The smallest absolute Gasteiger partial charge is 0.244 e. The van der Waals surface area contributed by atoms with Crippen LogP contribution in [-0.2, 0) is 32.6 Å². The summed E-state index contributed by atoms with van der Waals surface area (Å²) < 4.78 is 27.1. The highest BCUT2D eigenvalue weighted by molar-refractivity contribution is 7.92. The van der Waals surface area contributed by atoms with Gasteiger partial charge in [-0.25, -0.2) is 8.42 Å². The standard InChI is InChI=1S/C30H35Cl2N3O4S/c1-20(2)33-30(37)28(17-23-9-7-6-8-10-23)34(18-24-13-14-25(31)26(32)16-24)29(36)19-35(40(5,38)39)27-15-21(3)11-12-22(27)4/h6-16,20,28H,17-19H2,1-5H3,(H,33,37). The third-order valence-electron chi connectivity index (χ3n) is 6.35. The van der Waals surface area contributed by atoms with Gasteiger partial charge in [-0.05, 0) is 68.1 Å². The molecule has 0 saturated heterocycles. The topological polar surface area (TPSA) is 86.8 Å². The Kier molecular flexibility index (Phi) is 10.6. The summed E-state index contributed by atoms with van der Waals surface area (Å²) in [4.78, 5) is 29.1. The maximum absolute atomic E-state index is 14.1. The van der Waals surface area contributed by atoms with Crippen LogP contribution in [-0.4, -0.2) is 50.0 Å². The predicted octanol–water partition coefficient (Wildman–Crippen LogP) is 5.54. The number of carbonyl (C=O) groups excluding carboxylic acids is 2. The van der Waals surface area contributed by atoms with Crippen LogP contribution in [0.1, 0.15) is 36.1 Å². The number of carbonyl (C=O) groups is 2. The SMILES string of the molecule is Cc1ccc(C)c(N(CC(=O)N(Cc2ccc(Cl)c(Cl)c2)C(Cc2ccccc2)C(=O)NC(C)C)S(C)(=O)=O)c1. The highest BCUT2D eigenvalue weighted by atomic mass is 35.5. The summed E-state index contributed by atoms with van der Waals surface area (Å²) in [7, 11) is -3.85. The summed E-state index contributed by atoms with van der Waals surface area (Å²) in [5, 5.41) is 3.60. The van der Waals surface area contributed by atoms with Crippen LogP contribution in [0.5, 0.6) is 0 Å². The molecule has 1 atom stereocenters. The van der Waals surface area contributed by atoms with Gasteiger partial charge in [-0.1, -0.05) is 71.7 Å². The average Bonchev–Trinajstić information content (AvgIpc) is 2.87. The van der Waals surface area contributed by atoms with E-state index < -0.39 is 28.5 Å². The minimum Gasteiger partial charge on any atom is -0.352 e. The van der Waals surface area contributed by atoms with E-state index in [0.717, 1.165) is 21.7 Å². The first-order chi connectivity index (χ1) is 18.8. The Morgan fingerprint density at radius 2 is 1.57 bits per heavy atom. The number of rotatable bonds is 11. The van der Waals surface area contributed by atoms with Crippen molar-refractivity contribution in [3.05, 3.63) is 99.0 Å². The number of hydrogen-bond acceptors (Lipinski definition) is 4. The van der Waals surface area contributed by atoms with Crippen LogP contribution in [0.15, 0.2) is 66.7 Å². The van der Waals surface area contributed by atoms with Crippen LogP contribution in [0.25, 0.3) is 0 Å². The third-order valence-corrected chi connectivity index (χ3v) is 8.22. The lowest BCUT2D eigenvalue weighted by Crippen LogP contribution is -2.54. The van der Waals surface area contributed by atoms with E-state index in [1.54, 1.807) is 31.2 Å². The summed E-state index contributed by atoms with van der Waals surface area (Å²) in [5.41, 5.74) is 3.48. The fourth-order valence-corrected chi connectivity index (χ4v) is 5.57. The van der Waals surface area contributed by atoms with E-state index in [-0.39, 0.29) is 24.9 Å². The zero-order chi connectivity index (χ0) is 29.6. The van der Waals surface area contributed by atoms with Crippen molar-refractivity contribution in [1.82, 2.24) is 10.2 Å². The summed E-state index contributed by atoms with van der Waals surface area (Å²) in [6.45, 7) is 6.87. The Hall–Kier alpha value is -3.07. The summed E-state index contributed by atoms with van der Waals surface area (Å²) in [5.74, 6) is -0.873. The molecule has 3 aromatic carbocycles. The number of halogens is 2. The van der Waals surface area contributed by atoms with Crippen molar-refractivity contribution in [2.45, 2.75) is 52.7 Å². The molecule has 0 heterocycles. The summed E-state index contributed by atoms with van der Waals surface area (Å²) in [6.07, 6.45) is 1.30. The molecule has 0 saturated carbocycles. The monoisotopic (exact) mass is 603 g/mol. The van der Waals surface area contributed by atoms with Crippen molar-refractivity contribution in [2.75, 3.05) is 17.1 Å². The van der Waals surface area contributed by atoms with Crippen LogP contribution in [0.4, 0.5) is 5.69 Å². The number of sulfonamides is 1. The van der Waals surface area contributed by atoms with Gasteiger partial charge in [0, 0.05) is 19.0 Å². The Labute approximate surface area is 247 Å². The van der Waals surface area contributed by atoms with Gasteiger partial charge in [-0.15, -0.1) is 0 Å². The molecular weight excluding hydrogens is 569 g/mol. The zero-order valence-electron chi connectivity index (χ0n) is 23.3. The van der Waals surface area contributed by atoms with Crippen LogP contribution in [0.3, 0.4) is 0 Å². The van der Waals surface area contributed by atoms with Crippen LogP contribution in [0.2, 0.25) is 10.0 Å². The Morgan fingerprint density at radius 3 is 2.17 bits per heavy atom. The minimum atomic E-state index is -3.85. The lowest BCUT2D eigenvalue weighted by atomic mass is 10.0. The van der Waals surface area contributed by atoms with Crippen molar-refractivity contribution in [2.24, 2.45) is 0 Å². The van der Waals surface area contributed by atoms with Crippen LogP contribution in [0, 0.1) is 13.8 Å². The van der Waals surface area contributed by atoms with E-state index in [9.17, 15) is 18.0 Å². The lowest BCUT2D eigenvalue weighted by molar-refractivity contribution is -0.140. The van der Waals surface area contributed by atoms with Gasteiger partial charge >= 0.3 is 0 Å². The Bertz CT molecular complexity index is 1460. The number of nitrogens with zero attached hydrogens (tertiary/aromatic N) is 2. The first kappa shape index (κ1) is 31.5. The van der Waals surface area contributed by atoms with Gasteiger partial charge in [0.15, 0.2) is 0 Å². The number of aryl methyl sites for hydroxylation is 2. The number of benzene rings is 3. The summed E-state index contributed by atoms with van der Waals surface area (Å²) >= 11 is 12.4. The van der Waals surface area contributed by atoms with E-state index in [0.29, 0.717) is 26.9 Å². The highest BCUT2D eigenvalue weighted by Crippen LogP contribution is 2.27. The predicted molar refractivity (Wildman–Crippen MR) is 162 cm³/mol. The molecule has 3 rings (SSSR count). The number of anilines is 1. The van der Waals surface area contributed by atoms with Gasteiger partial charge in [0.25, 0.3) is 0 Å². The molecule has 1 N–H and O–H groups in total. The maximum Gasteiger partial charge on any atom is 0.244 e. The fourth-order valence-electron chi connectivity index (χ4n) is 4.35. The zero-order valence-corrected chi connectivity index (χ0v) is 25.6. The van der Waals surface area contributed by atoms with E-state index >= 15 is 0 Å². The largest absolute Gasteiger partial charge is 0.352 e. The van der Waals surface area contributed by atoms with Crippen molar-refractivity contribution >= 4 is 50.7 Å². The molecule has 214 valence electrons. The van der Waals surface area contributed by atoms with Gasteiger partial charge < -0.3 is 10.2 Å². The molecule has 0 aromatic heterocycles. The van der Waals surface area contributed by atoms with Crippen molar-refractivity contribution in [3.8, 4) is 0 Å². The molecule has 2 amide bonds. The molecule has 1 unspecified atom stereocenters. The molecule has 7 nitrogen and oxygen atoms in total. The van der Waals surface area contributed by atoms with Crippen molar-refractivity contribution < 1.29 is 18.0 Å². The highest BCUT2D eigenvalue weighted by Gasteiger charge is 2.33. The van der Waals surface area contributed by atoms with Gasteiger partial charge in [0.05, 0.1) is 22.0 Å². The molecule has 0 spiro atoms. The van der Waals surface area contributed by atoms with Gasteiger partial charge in [0.2, 0.25) is 21.8 Å². The van der Waals surface area contributed by atoms with E-state index in [1.807, 2.05) is 63.2 Å². The average molecular weight is 605 g/mol. The van der Waals surface area contributed by atoms with Gasteiger partial charge in [-0.3, -0.25) is 13.9 Å². The second-order valence-electron chi connectivity index (χ2n) is 10.2. The molecule has 0 bridgehead atoms. The van der Waals surface area contributed by atoms with Crippen LogP contribution < -0.4 is 9.62 Å². The molecular formula is C30H35Cl2N3O4S. The number of hydrogen-bond donors (Lipinski definition) is 1. The second-order valence-corrected chi connectivity index (χ2v) is 12.9. The normalized spacial score (nSPS) is 12.2. The number of amides is 2. The molecule has 0 aliphatic rings. The molecule has 0 fully saturated rings. The second kappa shape index (κ2) is 13.5. The molecule has 0 radical (unpaired) electrons. The molecule has 40 heavy (non-hydrogen) atoms. The molecule has 10 heteroatoms. The fraction of sp³-hybridized carbons (Fsp3) is 0.333. The Balaban J connectivity index is 2.10. The van der Waals surface area contributed by atoms with Crippen molar-refractivity contribution in [3.63, 3.8) is 0 Å². The lowest BCUT2D eigenvalue weighted by Gasteiger charge is -2.34. The molecule has 0 aliphatic carbocycles. The third kappa shape index (κ3) is 8.46. The van der Waals surface area contributed by atoms with E-state index in [2.05, 4.69) is 5.32 Å². The molecule has 0 aliphatic heterocycles. The van der Waals surface area contributed by atoms with Gasteiger partial charge in [-0.2, -0.15) is 0 Å². The minimum absolute atomic E-state index is 0.0170. The maximum atomic E-state index is 14.1. The first-order valence-corrected chi connectivity index (χ1v) is 15.5. The van der Waals surface area contributed by atoms with E-state index in [1.165, 1.54) is 4.90 Å². The summed E-state index contributed by atoms with van der Waals surface area (Å²) in [6, 6.07) is 18.7. The number of nitrogens with one attached hydrogen (secondary N) is 1. The first-order valence-electron chi connectivity index (χ1n) is 12.9. The van der Waals surface area contributed by atoms with Crippen LogP contribution >= 0.6 is 23.2 Å².